The van der Waals surface area contributed by atoms with Gasteiger partial charge >= 0.3 is 0 Å². The SMILES string of the molecule is CCCC(CC=O)[P]1(O)N(c2ccccc2)CCN1c1ccccc1. The summed E-state index contributed by atoms with van der Waals surface area (Å²) in [5.41, 5.74) is 2.02. The van der Waals surface area contributed by atoms with Crippen LogP contribution in [0.1, 0.15) is 26.2 Å². The van der Waals surface area contributed by atoms with E-state index in [2.05, 4.69) is 16.3 Å². The fourth-order valence-corrected chi connectivity index (χ4v) is 7.42. The van der Waals surface area contributed by atoms with E-state index in [0.29, 0.717) is 6.42 Å². The lowest BCUT2D eigenvalue weighted by Gasteiger charge is -2.47. The summed E-state index contributed by atoms with van der Waals surface area (Å²) in [5.74, 6) is 0. The monoisotopic (exact) mass is 357 g/mol. The number of carbonyl (C=O) groups excluding carboxylic acids is 1. The molecule has 0 saturated carbocycles. The quantitative estimate of drug-likeness (QED) is 0.584. The molecule has 0 amide bonds. The zero-order valence-corrected chi connectivity index (χ0v) is 15.6. The van der Waals surface area contributed by atoms with Crippen molar-refractivity contribution >= 4 is 25.5 Å². The van der Waals surface area contributed by atoms with Crippen molar-refractivity contribution in [3.05, 3.63) is 60.7 Å². The van der Waals surface area contributed by atoms with E-state index in [4.69, 9.17) is 0 Å². The summed E-state index contributed by atoms with van der Waals surface area (Å²) < 4.78 is 4.31. The van der Waals surface area contributed by atoms with Crippen LogP contribution in [-0.4, -0.2) is 29.9 Å². The second-order valence-corrected chi connectivity index (χ2v) is 9.30. The molecule has 1 N–H and O–H groups in total. The van der Waals surface area contributed by atoms with Crippen molar-refractivity contribution in [2.75, 3.05) is 22.4 Å². The molecule has 3 rings (SSSR count). The maximum Gasteiger partial charge on any atom is 0.165 e. The molecule has 1 radical (unpaired) electrons. The Kier molecular flexibility index (Phi) is 5.72. The number of rotatable bonds is 7. The highest BCUT2D eigenvalue weighted by Crippen LogP contribution is 2.71. The smallest absolute Gasteiger partial charge is 0.165 e. The Hall–Kier alpha value is -1.90. The largest absolute Gasteiger partial charge is 0.345 e. The summed E-state index contributed by atoms with van der Waals surface area (Å²) >= 11 is 0. The standard InChI is InChI=1S/C20H26N2O2P/c1-2-9-20(14-17-23)25(24)21(18-10-5-3-6-11-18)15-16-22(25)19-12-7-4-8-13-19/h3-8,10-13,17,20,24H,2,9,14-16H2,1H3. The molecule has 133 valence electrons. The molecule has 1 fully saturated rings. The molecule has 1 heterocycles. The molecule has 1 aliphatic heterocycles. The van der Waals surface area contributed by atoms with Crippen LogP contribution in [0, 0.1) is 0 Å². The molecule has 5 heteroatoms. The molecule has 2 aromatic carbocycles. The highest BCUT2D eigenvalue weighted by Gasteiger charge is 2.49. The maximum absolute atomic E-state index is 12.0. The van der Waals surface area contributed by atoms with Gasteiger partial charge in [0.05, 0.1) is 0 Å². The zero-order valence-electron chi connectivity index (χ0n) is 14.7. The predicted molar refractivity (Wildman–Crippen MR) is 106 cm³/mol. The molecule has 25 heavy (non-hydrogen) atoms. The van der Waals surface area contributed by atoms with Crippen molar-refractivity contribution in [1.29, 1.82) is 0 Å². The van der Waals surface area contributed by atoms with Crippen LogP contribution in [-0.2, 0) is 4.79 Å². The molecule has 1 saturated heterocycles. The van der Waals surface area contributed by atoms with Gasteiger partial charge in [0.1, 0.15) is 6.29 Å². The first kappa shape index (κ1) is 17.9. The minimum Gasteiger partial charge on any atom is -0.345 e. The van der Waals surface area contributed by atoms with Crippen LogP contribution in [0.4, 0.5) is 11.4 Å². The van der Waals surface area contributed by atoms with Gasteiger partial charge in [-0.25, -0.2) is 0 Å². The Bertz CT molecular complexity index is 633. The Morgan fingerprint density at radius 2 is 1.48 bits per heavy atom. The second-order valence-electron chi connectivity index (χ2n) is 6.38. The van der Waals surface area contributed by atoms with E-state index in [1.54, 1.807) is 0 Å². The van der Waals surface area contributed by atoms with Crippen LogP contribution in [0.3, 0.4) is 0 Å². The third kappa shape index (κ3) is 3.42. The second kappa shape index (κ2) is 7.99. The number of anilines is 2. The van der Waals surface area contributed by atoms with Crippen molar-refractivity contribution < 1.29 is 9.69 Å². The van der Waals surface area contributed by atoms with Gasteiger partial charge in [-0.2, -0.15) is 0 Å². The van der Waals surface area contributed by atoms with Gasteiger partial charge in [0.25, 0.3) is 0 Å². The van der Waals surface area contributed by atoms with E-state index < -0.39 is 7.79 Å². The number of hydrogen-bond donors (Lipinski definition) is 1. The number of benzene rings is 2. The third-order valence-corrected chi connectivity index (χ3v) is 8.55. The van der Waals surface area contributed by atoms with Crippen LogP contribution in [0.25, 0.3) is 0 Å². The predicted octanol–water partition coefficient (Wildman–Crippen LogP) is 4.53. The number of carbonyl (C=O) groups is 1. The summed E-state index contributed by atoms with van der Waals surface area (Å²) in [5, 5.41) is 0. The molecule has 0 bridgehead atoms. The first-order chi connectivity index (χ1) is 12.2. The first-order valence-corrected chi connectivity index (χ1v) is 10.6. The summed E-state index contributed by atoms with van der Waals surface area (Å²) in [7, 11) is -2.69. The normalized spacial score (nSPS) is 17.5. The third-order valence-electron chi connectivity index (χ3n) is 4.82. The van der Waals surface area contributed by atoms with Gasteiger partial charge in [-0.05, 0) is 30.7 Å². The molecule has 0 aliphatic carbocycles. The number of para-hydroxylation sites is 2. The van der Waals surface area contributed by atoms with E-state index in [-0.39, 0.29) is 5.66 Å². The van der Waals surface area contributed by atoms with Gasteiger partial charge < -0.3 is 19.0 Å². The summed E-state index contributed by atoms with van der Waals surface area (Å²) in [4.78, 5) is 23.4. The van der Waals surface area contributed by atoms with Gasteiger partial charge in [0.2, 0.25) is 0 Å². The van der Waals surface area contributed by atoms with Gasteiger partial charge in [-0.3, -0.25) is 0 Å². The van der Waals surface area contributed by atoms with E-state index in [1.807, 2.05) is 60.7 Å². The highest BCUT2D eigenvalue weighted by molar-refractivity contribution is 7.74. The molecule has 4 nitrogen and oxygen atoms in total. The Morgan fingerprint density at radius 3 is 1.88 bits per heavy atom. The lowest BCUT2D eigenvalue weighted by molar-refractivity contribution is -0.107. The maximum atomic E-state index is 12.0. The van der Waals surface area contributed by atoms with Gasteiger partial charge in [0, 0.05) is 36.5 Å². The highest BCUT2D eigenvalue weighted by atomic mass is 31.2. The number of hydrogen-bond acceptors (Lipinski definition) is 4. The molecular formula is C20H26N2O2P. The van der Waals surface area contributed by atoms with Crippen molar-refractivity contribution in [3.63, 3.8) is 0 Å². The Morgan fingerprint density at radius 1 is 1.00 bits per heavy atom. The van der Waals surface area contributed by atoms with Crippen LogP contribution in [0.2, 0.25) is 0 Å². The fraction of sp³-hybridized carbons (Fsp3) is 0.350. The molecule has 0 aromatic heterocycles. The minimum atomic E-state index is -2.69. The molecule has 0 spiro atoms. The molecule has 1 unspecified atom stereocenters. The number of aldehydes is 1. The molecule has 1 aliphatic rings. The van der Waals surface area contributed by atoms with Crippen LogP contribution >= 0.6 is 7.79 Å². The summed E-state index contributed by atoms with van der Waals surface area (Å²) in [6, 6.07) is 20.2. The average molecular weight is 357 g/mol. The summed E-state index contributed by atoms with van der Waals surface area (Å²) in [6.07, 6.45) is 3.15. The van der Waals surface area contributed by atoms with E-state index >= 15 is 0 Å². The van der Waals surface area contributed by atoms with Crippen molar-refractivity contribution in [2.45, 2.75) is 31.8 Å². The summed E-state index contributed by atoms with van der Waals surface area (Å²) in [6.45, 7) is 3.64. The van der Waals surface area contributed by atoms with Crippen LogP contribution < -0.4 is 9.34 Å². The molecule has 1 atom stereocenters. The van der Waals surface area contributed by atoms with Crippen LogP contribution in [0.15, 0.2) is 60.7 Å². The Balaban J connectivity index is 2.06. The first-order valence-electron chi connectivity index (χ1n) is 8.93. The van der Waals surface area contributed by atoms with E-state index in [0.717, 1.165) is 43.6 Å². The van der Waals surface area contributed by atoms with Gasteiger partial charge in [-0.1, -0.05) is 49.7 Å². The van der Waals surface area contributed by atoms with Crippen molar-refractivity contribution in [1.82, 2.24) is 0 Å². The van der Waals surface area contributed by atoms with Crippen LogP contribution in [0.5, 0.6) is 0 Å². The van der Waals surface area contributed by atoms with Crippen molar-refractivity contribution in [3.8, 4) is 0 Å². The lowest BCUT2D eigenvalue weighted by atomic mass is 10.2. The van der Waals surface area contributed by atoms with Gasteiger partial charge in [-0.15, -0.1) is 0 Å². The minimum absolute atomic E-state index is 0.0436. The fourth-order valence-electron chi connectivity index (χ4n) is 3.68. The van der Waals surface area contributed by atoms with Crippen molar-refractivity contribution in [2.24, 2.45) is 0 Å². The topological polar surface area (TPSA) is 43.8 Å². The van der Waals surface area contributed by atoms with E-state index in [1.165, 1.54) is 0 Å². The van der Waals surface area contributed by atoms with E-state index in [9.17, 15) is 9.69 Å². The number of nitrogens with zero attached hydrogens (tertiary/aromatic N) is 2. The molecular weight excluding hydrogens is 331 g/mol. The lowest BCUT2D eigenvalue weighted by Crippen LogP contribution is -2.33. The zero-order chi connectivity index (χ0) is 17.7. The molecule has 2 aromatic rings. The van der Waals surface area contributed by atoms with Gasteiger partial charge in [0.15, 0.2) is 7.79 Å². The average Bonchev–Trinajstić information content (AvgIpc) is 3.01. The Labute approximate surface area is 150 Å².